The summed E-state index contributed by atoms with van der Waals surface area (Å²) in [5, 5.41) is 9.47. The highest BCUT2D eigenvalue weighted by atomic mass is 35.5. The van der Waals surface area contributed by atoms with Crippen LogP contribution in [-0.2, 0) is 10.0 Å². The summed E-state index contributed by atoms with van der Waals surface area (Å²) in [6.07, 6.45) is 0. The van der Waals surface area contributed by atoms with Gasteiger partial charge in [0.05, 0.1) is 26.9 Å². The lowest BCUT2D eigenvalue weighted by atomic mass is 10.1. The van der Waals surface area contributed by atoms with Gasteiger partial charge in [-0.25, -0.2) is 13.2 Å². The maximum Gasteiger partial charge on any atom is 0.335 e. The van der Waals surface area contributed by atoms with E-state index < -0.39 is 16.0 Å². The third-order valence-electron chi connectivity index (χ3n) is 3.40. The van der Waals surface area contributed by atoms with Crippen molar-refractivity contribution >= 4 is 39.0 Å². The number of aromatic carboxylic acids is 1. The maximum atomic E-state index is 12.7. The molecule has 2 N–H and O–H groups in total. The van der Waals surface area contributed by atoms with Gasteiger partial charge in [-0.05, 0) is 36.8 Å². The van der Waals surface area contributed by atoms with Crippen LogP contribution in [0.5, 0.6) is 0 Å². The predicted molar refractivity (Wildman–Crippen MR) is 94.7 cm³/mol. The monoisotopic (exact) mass is 368 g/mol. The molecule has 2 aromatic carbocycles. The number of aryl methyl sites for hydroxylation is 1. The number of hydrogen-bond acceptors (Lipinski definition) is 4. The molecule has 128 valence electrons. The van der Waals surface area contributed by atoms with E-state index in [-0.39, 0.29) is 10.5 Å². The minimum atomic E-state index is -3.97. The van der Waals surface area contributed by atoms with Gasteiger partial charge in [0.2, 0.25) is 0 Å². The molecule has 0 radical (unpaired) electrons. The van der Waals surface area contributed by atoms with Crippen molar-refractivity contribution < 1.29 is 18.3 Å². The zero-order valence-electron chi connectivity index (χ0n) is 13.4. The number of carboxylic acids is 1. The van der Waals surface area contributed by atoms with Crippen molar-refractivity contribution in [2.75, 3.05) is 23.7 Å². The Balaban J connectivity index is 2.53. The number of para-hydroxylation sites is 1. The lowest BCUT2D eigenvalue weighted by Gasteiger charge is -2.20. The van der Waals surface area contributed by atoms with E-state index in [1.807, 2.05) is 0 Å². The van der Waals surface area contributed by atoms with Gasteiger partial charge in [0, 0.05) is 14.1 Å². The van der Waals surface area contributed by atoms with Gasteiger partial charge in [0.25, 0.3) is 10.0 Å². The smallest absolute Gasteiger partial charge is 0.335 e. The van der Waals surface area contributed by atoms with Crippen LogP contribution in [0.3, 0.4) is 0 Å². The second kappa shape index (κ2) is 6.70. The minimum absolute atomic E-state index is 0.0907. The van der Waals surface area contributed by atoms with Gasteiger partial charge in [-0.2, -0.15) is 0 Å². The molecule has 0 aliphatic carbocycles. The van der Waals surface area contributed by atoms with E-state index in [0.717, 1.165) is 6.07 Å². The van der Waals surface area contributed by atoms with E-state index in [2.05, 4.69) is 4.72 Å². The summed E-state index contributed by atoms with van der Waals surface area (Å²) in [6.45, 7) is 1.60. The number of benzene rings is 2. The van der Waals surface area contributed by atoms with Crippen LogP contribution in [-0.4, -0.2) is 33.6 Å². The third kappa shape index (κ3) is 3.63. The first-order chi connectivity index (χ1) is 11.1. The second-order valence-electron chi connectivity index (χ2n) is 5.42. The molecular formula is C16H17ClN2O4S. The number of carboxylic acid groups (broad SMARTS) is 1. The molecule has 0 saturated carbocycles. The fourth-order valence-electron chi connectivity index (χ4n) is 2.27. The first kappa shape index (κ1) is 18.1. The predicted octanol–water partition coefficient (Wildman–Crippen LogP) is 3.21. The number of anilines is 2. The van der Waals surface area contributed by atoms with Crippen molar-refractivity contribution in [2.24, 2.45) is 0 Å². The topological polar surface area (TPSA) is 86.7 Å². The zero-order chi connectivity index (χ0) is 18.1. The Morgan fingerprint density at radius 3 is 2.46 bits per heavy atom. The van der Waals surface area contributed by atoms with Gasteiger partial charge in [-0.1, -0.05) is 23.7 Å². The van der Waals surface area contributed by atoms with Crippen LogP contribution in [0.2, 0.25) is 5.02 Å². The number of nitrogens with zero attached hydrogens (tertiary/aromatic N) is 1. The van der Waals surface area contributed by atoms with Crippen molar-refractivity contribution in [1.82, 2.24) is 0 Å². The summed E-state index contributed by atoms with van der Waals surface area (Å²) >= 11 is 6.14. The number of sulfonamides is 1. The van der Waals surface area contributed by atoms with Gasteiger partial charge >= 0.3 is 5.97 Å². The van der Waals surface area contributed by atoms with Crippen LogP contribution in [0, 0.1) is 6.92 Å². The van der Waals surface area contributed by atoms with E-state index >= 15 is 0 Å². The standard InChI is InChI=1S/C16H17ClN2O4S/c1-10-7-8-11(16(20)21)9-14(10)24(22,23)18-13-6-4-5-12(17)15(13)19(2)3/h4-9,18H,1-3H3,(H,20,21). The Hall–Kier alpha value is -2.25. The van der Waals surface area contributed by atoms with Crippen LogP contribution in [0.15, 0.2) is 41.3 Å². The van der Waals surface area contributed by atoms with Crippen LogP contribution in [0.1, 0.15) is 15.9 Å². The van der Waals surface area contributed by atoms with Gasteiger partial charge < -0.3 is 10.0 Å². The van der Waals surface area contributed by atoms with Crippen molar-refractivity contribution in [3.63, 3.8) is 0 Å². The van der Waals surface area contributed by atoms with E-state index in [4.69, 9.17) is 16.7 Å². The maximum absolute atomic E-state index is 12.7. The lowest BCUT2D eigenvalue weighted by Crippen LogP contribution is -2.18. The molecule has 0 atom stereocenters. The number of halogens is 1. The van der Waals surface area contributed by atoms with E-state index in [1.165, 1.54) is 12.1 Å². The highest BCUT2D eigenvalue weighted by molar-refractivity contribution is 7.92. The van der Waals surface area contributed by atoms with Crippen molar-refractivity contribution in [3.8, 4) is 0 Å². The second-order valence-corrected chi connectivity index (χ2v) is 7.48. The Labute approximate surface area is 145 Å². The summed E-state index contributed by atoms with van der Waals surface area (Å²) in [7, 11) is -0.481. The number of nitrogens with one attached hydrogen (secondary N) is 1. The molecule has 24 heavy (non-hydrogen) atoms. The molecule has 2 rings (SSSR count). The van der Waals surface area contributed by atoms with Crippen molar-refractivity contribution in [1.29, 1.82) is 0 Å². The average Bonchev–Trinajstić information content (AvgIpc) is 2.46. The molecular weight excluding hydrogens is 352 g/mol. The van der Waals surface area contributed by atoms with Crippen LogP contribution in [0.4, 0.5) is 11.4 Å². The molecule has 0 unspecified atom stereocenters. The average molecular weight is 369 g/mol. The summed E-state index contributed by atoms with van der Waals surface area (Å²) in [4.78, 5) is 12.7. The zero-order valence-corrected chi connectivity index (χ0v) is 14.9. The first-order valence-electron chi connectivity index (χ1n) is 6.96. The normalized spacial score (nSPS) is 11.2. The Morgan fingerprint density at radius 2 is 1.88 bits per heavy atom. The minimum Gasteiger partial charge on any atom is -0.478 e. The van der Waals surface area contributed by atoms with Gasteiger partial charge in [-0.3, -0.25) is 4.72 Å². The fraction of sp³-hybridized carbons (Fsp3) is 0.188. The highest BCUT2D eigenvalue weighted by Gasteiger charge is 2.21. The summed E-state index contributed by atoms with van der Waals surface area (Å²) in [5.74, 6) is -1.19. The van der Waals surface area contributed by atoms with E-state index in [0.29, 0.717) is 22.0 Å². The number of carbonyl (C=O) groups is 1. The Kier molecular flexibility index (Phi) is 5.05. The molecule has 0 spiro atoms. The molecule has 0 aromatic heterocycles. The largest absolute Gasteiger partial charge is 0.478 e. The van der Waals surface area contributed by atoms with Gasteiger partial charge in [0.1, 0.15) is 0 Å². The highest BCUT2D eigenvalue weighted by Crippen LogP contribution is 2.34. The van der Waals surface area contributed by atoms with Crippen LogP contribution in [0.25, 0.3) is 0 Å². The van der Waals surface area contributed by atoms with Crippen LogP contribution < -0.4 is 9.62 Å². The molecule has 6 nitrogen and oxygen atoms in total. The SMILES string of the molecule is Cc1ccc(C(=O)O)cc1S(=O)(=O)Nc1cccc(Cl)c1N(C)C. The van der Waals surface area contributed by atoms with Crippen molar-refractivity contribution in [2.45, 2.75) is 11.8 Å². The molecule has 0 saturated heterocycles. The number of rotatable bonds is 5. The summed E-state index contributed by atoms with van der Waals surface area (Å²) in [6, 6.07) is 8.85. The summed E-state index contributed by atoms with van der Waals surface area (Å²) < 4.78 is 27.9. The van der Waals surface area contributed by atoms with Gasteiger partial charge in [-0.15, -0.1) is 0 Å². The number of hydrogen-bond donors (Lipinski definition) is 2. The molecule has 0 aliphatic rings. The lowest BCUT2D eigenvalue weighted by molar-refractivity contribution is 0.0696. The Morgan fingerprint density at radius 1 is 1.21 bits per heavy atom. The molecule has 0 fully saturated rings. The Bertz CT molecular complexity index is 895. The molecule has 0 bridgehead atoms. The quantitative estimate of drug-likeness (QED) is 0.846. The summed E-state index contributed by atoms with van der Waals surface area (Å²) in [5.41, 5.74) is 1.18. The van der Waals surface area contributed by atoms with E-state index in [1.54, 1.807) is 44.1 Å². The molecule has 0 aliphatic heterocycles. The van der Waals surface area contributed by atoms with E-state index in [9.17, 15) is 13.2 Å². The van der Waals surface area contributed by atoms with Crippen LogP contribution >= 0.6 is 11.6 Å². The molecule has 2 aromatic rings. The molecule has 8 heteroatoms. The fourth-order valence-corrected chi connectivity index (χ4v) is 3.96. The molecule has 0 amide bonds. The molecule has 0 heterocycles. The third-order valence-corrected chi connectivity index (χ3v) is 5.22. The van der Waals surface area contributed by atoms with Crippen molar-refractivity contribution in [3.05, 3.63) is 52.5 Å². The first-order valence-corrected chi connectivity index (χ1v) is 8.82. The van der Waals surface area contributed by atoms with Gasteiger partial charge in [0.15, 0.2) is 0 Å².